The normalized spacial score (nSPS) is 18.5. The van der Waals surface area contributed by atoms with Crippen LogP contribution >= 0.6 is 22.9 Å². The van der Waals surface area contributed by atoms with Gasteiger partial charge in [-0.3, -0.25) is 9.78 Å². The standard InChI is InChI=1S/C14H15ClN4OS/c15-11-8-16-4-3-12(11)19-6-1-2-10(9-19)13(20)18-14-17-5-7-21-14/h3-5,7-8,10H,1-2,6,9H2,(H,17,18,20). The lowest BCUT2D eigenvalue weighted by atomic mass is 9.97. The highest BCUT2D eigenvalue weighted by atomic mass is 35.5. The number of piperidine rings is 1. The molecule has 1 N–H and O–H groups in total. The Bertz CT molecular complexity index is 619. The van der Waals surface area contributed by atoms with Crippen molar-refractivity contribution in [2.24, 2.45) is 5.92 Å². The van der Waals surface area contributed by atoms with Crippen LogP contribution in [0.15, 0.2) is 30.0 Å². The van der Waals surface area contributed by atoms with Crippen LogP contribution in [0.4, 0.5) is 10.8 Å². The van der Waals surface area contributed by atoms with Gasteiger partial charge in [0, 0.05) is 37.1 Å². The highest BCUT2D eigenvalue weighted by molar-refractivity contribution is 7.13. The van der Waals surface area contributed by atoms with Crippen LogP contribution < -0.4 is 10.2 Å². The van der Waals surface area contributed by atoms with Crippen LogP contribution in [0, 0.1) is 5.92 Å². The molecule has 3 heterocycles. The summed E-state index contributed by atoms with van der Waals surface area (Å²) in [6.07, 6.45) is 6.89. The number of nitrogens with zero attached hydrogens (tertiary/aromatic N) is 3. The molecule has 1 unspecified atom stereocenters. The quantitative estimate of drug-likeness (QED) is 0.943. The van der Waals surface area contributed by atoms with Crippen LogP contribution in [0.3, 0.4) is 0 Å². The van der Waals surface area contributed by atoms with Crippen molar-refractivity contribution in [2.75, 3.05) is 23.3 Å². The smallest absolute Gasteiger partial charge is 0.231 e. The van der Waals surface area contributed by atoms with Crippen molar-refractivity contribution >= 4 is 39.7 Å². The van der Waals surface area contributed by atoms with E-state index in [1.807, 2.05) is 11.4 Å². The molecule has 0 bridgehead atoms. The summed E-state index contributed by atoms with van der Waals surface area (Å²) in [6.45, 7) is 1.58. The van der Waals surface area contributed by atoms with Crippen molar-refractivity contribution in [2.45, 2.75) is 12.8 Å². The fourth-order valence-corrected chi connectivity index (χ4v) is 3.30. The van der Waals surface area contributed by atoms with Gasteiger partial charge in [-0.05, 0) is 18.9 Å². The summed E-state index contributed by atoms with van der Waals surface area (Å²) in [4.78, 5) is 22.5. The van der Waals surface area contributed by atoms with Crippen molar-refractivity contribution < 1.29 is 4.79 Å². The zero-order chi connectivity index (χ0) is 14.7. The van der Waals surface area contributed by atoms with Crippen molar-refractivity contribution in [1.82, 2.24) is 9.97 Å². The molecule has 1 aliphatic rings. The van der Waals surface area contributed by atoms with Gasteiger partial charge in [-0.15, -0.1) is 11.3 Å². The number of carbonyl (C=O) groups is 1. The maximum atomic E-state index is 12.3. The Balaban J connectivity index is 1.68. The number of pyridine rings is 1. The van der Waals surface area contributed by atoms with Gasteiger partial charge in [0.1, 0.15) is 0 Å². The highest BCUT2D eigenvalue weighted by Crippen LogP contribution is 2.29. The van der Waals surface area contributed by atoms with Crippen molar-refractivity contribution in [3.05, 3.63) is 35.1 Å². The SMILES string of the molecule is O=C(Nc1nccs1)C1CCCN(c2ccncc2Cl)C1. The Labute approximate surface area is 132 Å². The van der Waals surface area contributed by atoms with Crippen LogP contribution in [0.1, 0.15) is 12.8 Å². The third-order valence-electron chi connectivity index (χ3n) is 3.55. The van der Waals surface area contributed by atoms with Crippen LogP contribution in [-0.4, -0.2) is 29.0 Å². The van der Waals surface area contributed by atoms with E-state index in [9.17, 15) is 4.79 Å². The molecule has 1 atom stereocenters. The fourth-order valence-electron chi connectivity index (χ4n) is 2.53. The van der Waals surface area contributed by atoms with E-state index in [1.165, 1.54) is 11.3 Å². The number of hydrogen-bond acceptors (Lipinski definition) is 5. The molecule has 0 aliphatic carbocycles. The molecule has 110 valence electrons. The monoisotopic (exact) mass is 322 g/mol. The summed E-state index contributed by atoms with van der Waals surface area (Å²) in [5, 5.41) is 6.00. The minimum atomic E-state index is -0.0492. The zero-order valence-electron chi connectivity index (χ0n) is 11.3. The number of anilines is 2. The molecule has 0 radical (unpaired) electrons. The van der Waals surface area contributed by atoms with E-state index in [4.69, 9.17) is 11.6 Å². The molecule has 7 heteroatoms. The third-order valence-corrected chi connectivity index (χ3v) is 4.53. The fraction of sp³-hybridized carbons (Fsp3) is 0.357. The lowest BCUT2D eigenvalue weighted by molar-refractivity contribution is -0.120. The first kappa shape index (κ1) is 14.3. The molecular weight excluding hydrogens is 308 g/mol. The van der Waals surface area contributed by atoms with Gasteiger partial charge in [0.15, 0.2) is 5.13 Å². The first-order valence-electron chi connectivity index (χ1n) is 6.79. The first-order valence-corrected chi connectivity index (χ1v) is 8.04. The average Bonchev–Trinajstić information content (AvgIpc) is 3.01. The van der Waals surface area contributed by atoms with Gasteiger partial charge in [-0.1, -0.05) is 11.6 Å². The van der Waals surface area contributed by atoms with Crippen LogP contribution in [0.2, 0.25) is 5.02 Å². The number of hydrogen-bond donors (Lipinski definition) is 1. The van der Waals surface area contributed by atoms with Gasteiger partial charge >= 0.3 is 0 Å². The Morgan fingerprint density at radius 2 is 2.38 bits per heavy atom. The topological polar surface area (TPSA) is 58.1 Å². The number of thiazole rings is 1. The van der Waals surface area contributed by atoms with Gasteiger partial charge in [0.2, 0.25) is 5.91 Å². The van der Waals surface area contributed by atoms with Gasteiger partial charge in [-0.2, -0.15) is 0 Å². The van der Waals surface area contributed by atoms with Gasteiger partial charge < -0.3 is 10.2 Å². The predicted octanol–water partition coefficient (Wildman–Crippen LogP) is 3.05. The van der Waals surface area contributed by atoms with E-state index in [2.05, 4.69) is 20.2 Å². The third kappa shape index (κ3) is 3.33. The molecule has 1 amide bonds. The van der Waals surface area contributed by atoms with Gasteiger partial charge in [0.05, 0.1) is 16.6 Å². The molecule has 0 saturated carbocycles. The molecule has 2 aromatic heterocycles. The average molecular weight is 323 g/mol. The lowest BCUT2D eigenvalue weighted by Gasteiger charge is -2.33. The van der Waals surface area contributed by atoms with Crippen LogP contribution in [0.25, 0.3) is 0 Å². The van der Waals surface area contributed by atoms with Gasteiger partial charge in [0.25, 0.3) is 0 Å². The molecular formula is C14H15ClN4OS. The molecule has 0 aromatic carbocycles. The zero-order valence-corrected chi connectivity index (χ0v) is 12.9. The lowest BCUT2D eigenvalue weighted by Crippen LogP contribution is -2.40. The van der Waals surface area contributed by atoms with Crippen molar-refractivity contribution in [3.8, 4) is 0 Å². The number of rotatable bonds is 3. The minimum Gasteiger partial charge on any atom is -0.369 e. The van der Waals surface area contributed by atoms with Crippen molar-refractivity contribution in [1.29, 1.82) is 0 Å². The molecule has 2 aromatic rings. The van der Waals surface area contributed by atoms with Crippen LogP contribution in [0.5, 0.6) is 0 Å². The number of amides is 1. The Morgan fingerprint density at radius 1 is 1.48 bits per heavy atom. The predicted molar refractivity (Wildman–Crippen MR) is 84.9 cm³/mol. The van der Waals surface area contributed by atoms with Gasteiger partial charge in [-0.25, -0.2) is 4.98 Å². The Kier molecular flexibility index (Phi) is 4.36. The second kappa shape index (κ2) is 6.41. The second-order valence-electron chi connectivity index (χ2n) is 4.94. The molecule has 21 heavy (non-hydrogen) atoms. The molecule has 1 fully saturated rings. The molecule has 3 rings (SSSR count). The van der Waals surface area contributed by atoms with E-state index in [0.29, 0.717) is 16.7 Å². The second-order valence-corrected chi connectivity index (χ2v) is 6.24. The number of nitrogens with one attached hydrogen (secondary N) is 1. The van der Waals surface area contributed by atoms with Crippen LogP contribution in [-0.2, 0) is 4.79 Å². The summed E-state index contributed by atoms with van der Waals surface area (Å²) >= 11 is 7.62. The summed E-state index contributed by atoms with van der Waals surface area (Å²) in [6, 6.07) is 1.89. The van der Waals surface area contributed by atoms with E-state index in [-0.39, 0.29) is 11.8 Å². The minimum absolute atomic E-state index is 0.0276. The van der Waals surface area contributed by atoms with E-state index < -0.39 is 0 Å². The number of carbonyl (C=O) groups excluding carboxylic acids is 1. The Hall–Kier alpha value is -1.66. The van der Waals surface area contributed by atoms with Crippen molar-refractivity contribution in [3.63, 3.8) is 0 Å². The van der Waals surface area contributed by atoms with E-state index in [1.54, 1.807) is 18.6 Å². The summed E-state index contributed by atoms with van der Waals surface area (Å²) < 4.78 is 0. The molecule has 0 spiro atoms. The molecule has 1 saturated heterocycles. The Morgan fingerprint density at radius 3 is 3.14 bits per heavy atom. The number of aromatic nitrogens is 2. The molecule has 1 aliphatic heterocycles. The maximum Gasteiger partial charge on any atom is 0.231 e. The summed E-state index contributed by atoms with van der Waals surface area (Å²) in [7, 11) is 0. The van der Waals surface area contributed by atoms with E-state index in [0.717, 1.165) is 25.1 Å². The summed E-state index contributed by atoms with van der Waals surface area (Å²) in [5.41, 5.74) is 0.943. The van der Waals surface area contributed by atoms with E-state index >= 15 is 0 Å². The first-order chi connectivity index (χ1) is 10.2. The summed E-state index contributed by atoms with van der Waals surface area (Å²) in [5.74, 6) is -0.0216. The largest absolute Gasteiger partial charge is 0.369 e. The highest BCUT2D eigenvalue weighted by Gasteiger charge is 2.27. The maximum absolute atomic E-state index is 12.3. The number of halogens is 1. The molecule has 5 nitrogen and oxygen atoms in total.